The first kappa shape index (κ1) is 17.6. The quantitative estimate of drug-likeness (QED) is 0.848. The molecule has 4 nitrogen and oxygen atoms in total. The number of likely N-dealkylation sites (N-methyl/N-ethyl adjacent to an activating group) is 1. The summed E-state index contributed by atoms with van der Waals surface area (Å²) in [7, 11) is 4.06. The summed E-state index contributed by atoms with van der Waals surface area (Å²) in [5.41, 5.74) is 3.31. The van der Waals surface area contributed by atoms with E-state index in [1.54, 1.807) is 11.3 Å². The van der Waals surface area contributed by atoms with Gasteiger partial charge in [-0.3, -0.25) is 4.79 Å². The van der Waals surface area contributed by atoms with E-state index in [4.69, 9.17) is 0 Å². The Bertz CT molecular complexity index is 634. The van der Waals surface area contributed by atoms with Crippen LogP contribution in [0, 0.1) is 6.92 Å². The molecule has 0 fully saturated rings. The van der Waals surface area contributed by atoms with Gasteiger partial charge in [-0.1, -0.05) is 36.8 Å². The van der Waals surface area contributed by atoms with Crippen molar-refractivity contribution >= 4 is 17.2 Å². The van der Waals surface area contributed by atoms with Crippen LogP contribution in [0.1, 0.15) is 34.8 Å². The third kappa shape index (κ3) is 5.15. The molecular weight excluding hydrogens is 306 g/mol. The highest BCUT2D eigenvalue weighted by atomic mass is 32.1. The third-order valence-electron chi connectivity index (χ3n) is 3.82. The van der Waals surface area contributed by atoms with Gasteiger partial charge in [-0.2, -0.15) is 0 Å². The van der Waals surface area contributed by atoms with Crippen molar-refractivity contribution in [1.29, 1.82) is 0 Å². The summed E-state index contributed by atoms with van der Waals surface area (Å²) < 4.78 is 0. The molecule has 1 aromatic heterocycles. The van der Waals surface area contributed by atoms with Crippen molar-refractivity contribution in [2.75, 3.05) is 20.6 Å². The maximum absolute atomic E-state index is 12.2. The van der Waals surface area contributed by atoms with Crippen LogP contribution < -0.4 is 5.32 Å². The number of nitrogens with zero attached hydrogens (tertiary/aromatic N) is 2. The molecular formula is C18H25N3OS. The molecule has 1 atom stereocenters. The molecule has 0 aliphatic rings. The maximum Gasteiger partial charge on any atom is 0.226 e. The van der Waals surface area contributed by atoms with Crippen molar-refractivity contribution in [3.05, 3.63) is 51.5 Å². The number of carbonyl (C=O) groups is 1. The van der Waals surface area contributed by atoms with E-state index in [9.17, 15) is 4.79 Å². The summed E-state index contributed by atoms with van der Waals surface area (Å²) in [5.74, 6) is 0.0249. The lowest BCUT2D eigenvalue weighted by Gasteiger charge is -2.25. The fourth-order valence-corrected chi connectivity index (χ4v) is 3.16. The van der Waals surface area contributed by atoms with E-state index in [1.807, 2.05) is 19.5 Å². The number of carbonyl (C=O) groups excluding carboxylic acids is 1. The molecule has 0 aliphatic carbocycles. The van der Waals surface area contributed by atoms with E-state index in [0.29, 0.717) is 13.0 Å². The summed E-state index contributed by atoms with van der Waals surface area (Å²) >= 11 is 1.62. The van der Waals surface area contributed by atoms with Crippen molar-refractivity contribution in [2.45, 2.75) is 32.7 Å². The molecule has 0 unspecified atom stereocenters. The van der Waals surface area contributed by atoms with E-state index in [1.165, 1.54) is 11.1 Å². The van der Waals surface area contributed by atoms with Crippen molar-refractivity contribution < 1.29 is 4.79 Å². The van der Waals surface area contributed by atoms with Crippen LogP contribution in [0.15, 0.2) is 29.6 Å². The second-order valence-corrected chi connectivity index (χ2v) is 6.90. The smallest absolute Gasteiger partial charge is 0.226 e. The molecule has 5 heteroatoms. The lowest BCUT2D eigenvalue weighted by atomic mass is 10.0. The predicted molar refractivity (Wildman–Crippen MR) is 95.8 cm³/mol. The number of aryl methyl sites for hydroxylation is 2. The Labute approximate surface area is 142 Å². The molecule has 2 rings (SSSR count). The Balaban J connectivity index is 1.93. The molecule has 124 valence electrons. The second kappa shape index (κ2) is 8.22. The summed E-state index contributed by atoms with van der Waals surface area (Å²) in [5, 5.41) is 6.09. The zero-order valence-corrected chi connectivity index (χ0v) is 15.1. The molecule has 2 aromatic rings. The highest BCUT2D eigenvalue weighted by Gasteiger charge is 2.15. The van der Waals surface area contributed by atoms with Crippen molar-refractivity contribution in [1.82, 2.24) is 15.2 Å². The number of aromatic nitrogens is 1. The highest BCUT2D eigenvalue weighted by molar-refractivity contribution is 7.09. The number of benzene rings is 1. The van der Waals surface area contributed by atoms with E-state index in [2.05, 4.69) is 53.3 Å². The maximum atomic E-state index is 12.2. The fourth-order valence-electron chi connectivity index (χ4n) is 2.42. The first-order valence-electron chi connectivity index (χ1n) is 7.92. The Hall–Kier alpha value is -1.72. The van der Waals surface area contributed by atoms with Crippen LogP contribution in [0.4, 0.5) is 0 Å². The minimum absolute atomic E-state index is 0.0249. The molecule has 23 heavy (non-hydrogen) atoms. The van der Waals surface area contributed by atoms with Crippen LogP contribution in [-0.2, 0) is 17.6 Å². The Kier molecular flexibility index (Phi) is 6.30. The van der Waals surface area contributed by atoms with E-state index in [0.717, 1.165) is 17.1 Å². The van der Waals surface area contributed by atoms with E-state index in [-0.39, 0.29) is 11.9 Å². The number of thiazole rings is 1. The molecule has 0 bridgehead atoms. The molecule has 0 spiro atoms. The normalized spacial score (nSPS) is 12.4. The van der Waals surface area contributed by atoms with Gasteiger partial charge in [-0.25, -0.2) is 4.98 Å². The topological polar surface area (TPSA) is 45.2 Å². The number of hydrogen-bond acceptors (Lipinski definition) is 4. The van der Waals surface area contributed by atoms with Gasteiger partial charge in [-0.15, -0.1) is 11.3 Å². The molecule has 1 N–H and O–H groups in total. The Morgan fingerprint density at radius 2 is 2.00 bits per heavy atom. The highest BCUT2D eigenvalue weighted by Crippen LogP contribution is 2.18. The average Bonchev–Trinajstić information content (AvgIpc) is 2.96. The van der Waals surface area contributed by atoms with Crippen LogP contribution in [0.2, 0.25) is 0 Å². The van der Waals surface area contributed by atoms with Gasteiger partial charge in [0.1, 0.15) is 0 Å². The molecule has 1 aromatic carbocycles. The Morgan fingerprint density at radius 1 is 1.30 bits per heavy atom. The third-order valence-corrected chi connectivity index (χ3v) is 4.86. The number of rotatable bonds is 7. The largest absolute Gasteiger partial charge is 0.354 e. The van der Waals surface area contributed by atoms with Crippen LogP contribution >= 0.6 is 11.3 Å². The standard InChI is InChI=1S/C18H25N3OS/c1-5-18-20-15(12-23-18)10-17(22)19-11-16(21(3)4)14-8-6-13(2)7-9-14/h6-9,12,16H,5,10-11H2,1-4H3,(H,19,22)/t16-/m0/s1. The van der Waals surface area contributed by atoms with Crippen molar-refractivity contribution in [3.63, 3.8) is 0 Å². The van der Waals surface area contributed by atoms with E-state index >= 15 is 0 Å². The van der Waals surface area contributed by atoms with E-state index < -0.39 is 0 Å². The minimum atomic E-state index is 0.0249. The lowest BCUT2D eigenvalue weighted by Crippen LogP contribution is -2.35. The Morgan fingerprint density at radius 3 is 2.57 bits per heavy atom. The van der Waals surface area contributed by atoms with Gasteiger partial charge < -0.3 is 10.2 Å². The average molecular weight is 331 g/mol. The monoisotopic (exact) mass is 331 g/mol. The van der Waals surface area contributed by atoms with Crippen molar-refractivity contribution in [3.8, 4) is 0 Å². The van der Waals surface area contributed by atoms with Gasteiger partial charge in [0.15, 0.2) is 0 Å². The molecule has 1 amide bonds. The zero-order chi connectivity index (χ0) is 16.8. The second-order valence-electron chi connectivity index (χ2n) is 5.96. The first-order valence-corrected chi connectivity index (χ1v) is 8.80. The lowest BCUT2D eigenvalue weighted by molar-refractivity contribution is -0.120. The molecule has 1 heterocycles. The van der Waals surface area contributed by atoms with Gasteiger partial charge >= 0.3 is 0 Å². The molecule has 0 aliphatic heterocycles. The van der Waals surface area contributed by atoms with Crippen LogP contribution in [-0.4, -0.2) is 36.4 Å². The van der Waals surface area contributed by atoms with Crippen LogP contribution in [0.3, 0.4) is 0 Å². The first-order chi connectivity index (χ1) is 11.0. The molecule has 0 radical (unpaired) electrons. The number of nitrogens with one attached hydrogen (secondary N) is 1. The fraction of sp³-hybridized carbons (Fsp3) is 0.444. The van der Waals surface area contributed by atoms with Gasteiger partial charge in [0.05, 0.1) is 23.2 Å². The summed E-state index contributed by atoms with van der Waals surface area (Å²) in [6, 6.07) is 8.63. The molecule has 0 saturated heterocycles. The summed E-state index contributed by atoms with van der Waals surface area (Å²) in [6.07, 6.45) is 1.27. The SMILES string of the molecule is CCc1nc(CC(=O)NC[C@@H](c2ccc(C)cc2)N(C)C)cs1. The summed E-state index contributed by atoms with van der Waals surface area (Å²) in [4.78, 5) is 18.7. The summed E-state index contributed by atoms with van der Waals surface area (Å²) in [6.45, 7) is 4.75. The van der Waals surface area contributed by atoms with Gasteiger partial charge in [0.25, 0.3) is 0 Å². The van der Waals surface area contributed by atoms with Gasteiger partial charge in [0.2, 0.25) is 5.91 Å². The molecule has 0 saturated carbocycles. The zero-order valence-electron chi connectivity index (χ0n) is 14.3. The van der Waals surface area contributed by atoms with Gasteiger partial charge in [-0.05, 0) is 33.0 Å². The van der Waals surface area contributed by atoms with Gasteiger partial charge in [0, 0.05) is 11.9 Å². The number of amides is 1. The van der Waals surface area contributed by atoms with Crippen molar-refractivity contribution in [2.24, 2.45) is 0 Å². The number of hydrogen-bond donors (Lipinski definition) is 1. The predicted octanol–water partition coefficient (Wildman–Crippen LogP) is 2.98. The van der Waals surface area contributed by atoms with Crippen LogP contribution in [0.5, 0.6) is 0 Å². The van der Waals surface area contributed by atoms with Crippen LogP contribution in [0.25, 0.3) is 0 Å². The minimum Gasteiger partial charge on any atom is -0.354 e.